The zero-order valence-corrected chi connectivity index (χ0v) is 17.9. The first-order valence-electron chi connectivity index (χ1n) is 10.0. The van der Waals surface area contributed by atoms with Crippen LogP contribution >= 0.6 is 15.9 Å². The fourth-order valence-electron chi connectivity index (χ4n) is 3.77. The molecule has 0 aromatic heterocycles. The summed E-state index contributed by atoms with van der Waals surface area (Å²) in [7, 11) is -6.80. The molecule has 0 amide bonds. The minimum atomic E-state index is -3.94. The van der Waals surface area contributed by atoms with Gasteiger partial charge in [0, 0.05) is 5.69 Å². The third kappa shape index (κ3) is 6.17. The molecule has 0 radical (unpaired) electrons. The van der Waals surface area contributed by atoms with E-state index >= 15 is 0 Å². The summed E-state index contributed by atoms with van der Waals surface area (Å²) in [5, 5.41) is 0.375. The predicted octanol–water partition coefficient (Wildman–Crippen LogP) is 5.50. The second kappa shape index (κ2) is 9.71. The van der Waals surface area contributed by atoms with Crippen molar-refractivity contribution < 1.29 is 22.5 Å². The van der Waals surface area contributed by atoms with E-state index in [1.807, 2.05) is 13.0 Å². The molecule has 1 atom stereocenters. The highest BCUT2D eigenvalue weighted by Gasteiger charge is 2.37. The van der Waals surface area contributed by atoms with Crippen LogP contribution in [0.25, 0.3) is 0 Å². The highest BCUT2D eigenvalue weighted by atomic mass is 31.2. The summed E-state index contributed by atoms with van der Waals surface area (Å²) in [6.07, 6.45) is 9.43. The molecule has 27 heavy (non-hydrogen) atoms. The van der Waals surface area contributed by atoms with Crippen LogP contribution in [0.2, 0.25) is 0 Å². The lowest BCUT2D eigenvalue weighted by Gasteiger charge is -2.30. The van der Waals surface area contributed by atoms with Gasteiger partial charge in [0.05, 0.1) is 17.5 Å². The van der Waals surface area contributed by atoms with E-state index in [9.17, 15) is 9.13 Å². The van der Waals surface area contributed by atoms with Gasteiger partial charge in [-0.15, -0.1) is 0 Å². The van der Waals surface area contributed by atoms with Gasteiger partial charge in [0.2, 0.25) is 8.03 Å². The lowest BCUT2D eigenvalue weighted by Crippen LogP contribution is -2.21. The lowest BCUT2D eigenvalue weighted by atomic mass is 9.98. The zero-order chi connectivity index (χ0) is 19.3. The Morgan fingerprint density at radius 2 is 1.48 bits per heavy atom. The van der Waals surface area contributed by atoms with Crippen LogP contribution < -0.4 is 11.0 Å². The summed E-state index contributed by atoms with van der Waals surface area (Å²) in [5.41, 5.74) is 7.23. The molecule has 0 aliphatic heterocycles. The highest BCUT2D eigenvalue weighted by Crippen LogP contribution is 2.60. The lowest BCUT2D eigenvalue weighted by molar-refractivity contribution is 0.0530. The molecule has 152 valence electrons. The third-order valence-corrected chi connectivity index (χ3v) is 8.83. The number of nitrogens with two attached hydrogens (primary N) is 1. The van der Waals surface area contributed by atoms with E-state index in [-0.39, 0.29) is 12.2 Å². The Kier molecular flexibility index (Phi) is 7.58. The van der Waals surface area contributed by atoms with Gasteiger partial charge in [-0.25, -0.2) is 8.88 Å². The fourth-order valence-corrected chi connectivity index (χ4v) is 7.19. The topological polar surface area (TPSA) is 87.9 Å². The average molecular weight is 415 g/mol. The summed E-state index contributed by atoms with van der Waals surface area (Å²) < 4.78 is 43.5. The van der Waals surface area contributed by atoms with Gasteiger partial charge in [-0.05, 0) is 44.7 Å². The molecule has 2 saturated carbocycles. The number of aryl methyl sites for hydroxylation is 1. The van der Waals surface area contributed by atoms with Crippen LogP contribution in [0, 0.1) is 6.92 Å². The highest BCUT2D eigenvalue weighted by molar-refractivity contribution is 7.62. The first kappa shape index (κ1) is 21.1. The van der Waals surface area contributed by atoms with Crippen LogP contribution in [0.4, 0.5) is 5.69 Å². The number of nitrogen functional groups attached to an aromatic ring is 1. The molecule has 8 heteroatoms. The molecule has 2 aliphatic rings. The average Bonchev–Trinajstić information content (AvgIpc) is 2.65. The molecule has 1 aromatic rings. The molecule has 0 heterocycles. The second-order valence-electron chi connectivity index (χ2n) is 7.65. The van der Waals surface area contributed by atoms with Crippen molar-refractivity contribution in [1.82, 2.24) is 0 Å². The third-order valence-electron chi connectivity index (χ3n) is 5.28. The van der Waals surface area contributed by atoms with Crippen molar-refractivity contribution in [2.75, 3.05) is 5.73 Å². The summed E-state index contributed by atoms with van der Waals surface area (Å²) in [6, 6.07) is 5.23. The molecule has 1 aromatic carbocycles. The van der Waals surface area contributed by atoms with Crippen LogP contribution in [0.15, 0.2) is 18.2 Å². The van der Waals surface area contributed by atoms with Crippen molar-refractivity contribution in [2.24, 2.45) is 0 Å². The van der Waals surface area contributed by atoms with E-state index in [1.54, 1.807) is 12.1 Å². The quantitative estimate of drug-likeness (QED) is 0.467. The Balaban J connectivity index is 1.76. The maximum absolute atomic E-state index is 13.4. The van der Waals surface area contributed by atoms with E-state index in [0.29, 0.717) is 11.0 Å². The van der Waals surface area contributed by atoms with Crippen LogP contribution in [0.1, 0.15) is 69.8 Å². The molecule has 2 N–H and O–H groups in total. The maximum atomic E-state index is 13.4. The van der Waals surface area contributed by atoms with Gasteiger partial charge >= 0.3 is 7.82 Å². The molecular weight excluding hydrogens is 384 g/mol. The minimum Gasteiger partial charge on any atom is -0.398 e. The van der Waals surface area contributed by atoms with E-state index in [4.69, 9.17) is 19.1 Å². The summed E-state index contributed by atoms with van der Waals surface area (Å²) in [6.45, 7) is 1.88. The predicted molar refractivity (Wildman–Crippen MR) is 109 cm³/mol. The molecule has 1 unspecified atom stereocenters. The van der Waals surface area contributed by atoms with E-state index in [1.165, 1.54) is 0 Å². The largest absolute Gasteiger partial charge is 0.481 e. The molecule has 0 saturated heterocycles. The van der Waals surface area contributed by atoms with E-state index in [0.717, 1.165) is 69.8 Å². The van der Waals surface area contributed by atoms with Crippen molar-refractivity contribution in [3.05, 3.63) is 23.8 Å². The first-order chi connectivity index (χ1) is 13.0. The Morgan fingerprint density at radius 3 is 2.00 bits per heavy atom. The smallest absolute Gasteiger partial charge is 0.398 e. The van der Waals surface area contributed by atoms with Gasteiger partial charge in [-0.2, -0.15) is 0 Å². The van der Waals surface area contributed by atoms with Crippen LogP contribution in [0.3, 0.4) is 0 Å². The molecule has 0 spiro atoms. The van der Waals surface area contributed by atoms with Gasteiger partial charge in [0.1, 0.15) is 0 Å². The molecular formula is C19H31NO5P2. The van der Waals surface area contributed by atoms with E-state index < -0.39 is 15.9 Å². The van der Waals surface area contributed by atoms with Crippen molar-refractivity contribution >= 4 is 26.8 Å². The molecule has 2 aliphatic carbocycles. The van der Waals surface area contributed by atoms with Gasteiger partial charge in [0.15, 0.2) is 0 Å². The van der Waals surface area contributed by atoms with Crippen LogP contribution in [0.5, 0.6) is 0 Å². The van der Waals surface area contributed by atoms with Crippen molar-refractivity contribution in [3.8, 4) is 0 Å². The number of phosphoric acid groups is 1. The van der Waals surface area contributed by atoms with Gasteiger partial charge in [0.25, 0.3) is 0 Å². The standard InChI is InChI=1S/C19H31NO5P2/c1-15-12-13-18(20)19(14-15)26(21)25-27(22,23-16-8-4-2-5-9-16)24-17-10-6-3-7-11-17/h12-14,16-17,26H,2-11,20H2,1H3. The van der Waals surface area contributed by atoms with Crippen LogP contribution in [-0.2, 0) is 22.5 Å². The minimum absolute atomic E-state index is 0.169. The summed E-state index contributed by atoms with van der Waals surface area (Å²) in [5.74, 6) is 0. The van der Waals surface area contributed by atoms with Crippen LogP contribution in [-0.4, -0.2) is 12.2 Å². The molecule has 6 nitrogen and oxygen atoms in total. The first-order valence-corrected chi connectivity index (χ1v) is 12.8. The van der Waals surface area contributed by atoms with Gasteiger partial charge in [-0.3, -0.25) is 13.6 Å². The molecule has 3 rings (SSSR count). The number of hydrogen-bond acceptors (Lipinski definition) is 6. The Morgan fingerprint density at radius 1 is 0.963 bits per heavy atom. The Labute approximate surface area is 162 Å². The summed E-state index contributed by atoms with van der Waals surface area (Å²) >= 11 is 0. The summed E-state index contributed by atoms with van der Waals surface area (Å²) in [4.78, 5) is 0. The van der Waals surface area contributed by atoms with Gasteiger partial charge in [-0.1, -0.05) is 50.2 Å². The molecule has 2 fully saturated rings. The Hall–Kier alpha value is -0.640. The second-order valence-corrected chi connectivity index (χ2v) is 10.8. The monoisotopic (exact) mass is 415 g/mol. The number of hydrogen-bond donors (Lipinski definition) is 1. The van der Waals surface area contributed by atoms with Crippen molar-refractivity contribution in [1.29, 1.82) is 0 Å². The fraction of sp³-hybridized carbons (Fsp3) is 0.684. The normalized spacial score (nSPS) is 21.2. The maximum Gasteiger partial charge on any atom is 0.481 e. The number of rotatable bonds is 7. The SMILES string of the molecule is Cc1ccc(N)c([PH](=O)OP(=O)(OC2CCCCC2)OC2CCCCC2)c1. The zero-order valence-electron chi connectivity index (χ0n) is 16.0. The van der Waals surface area contributed by atoms with Crippen molar-refractivity contribution in [2.45, 2.75) is 83.3 Å². The number of benzene rings is 1. The molecule has 0 bridgehead atoms. The number of phosphoric ester groups is 1. The number of anilines is 1. The van der Waals surface area contributed by atoms with Crippen molar-refractivity contribution in [3.63, 3.8) is 0 Å². The van der Waals surface area contributed by atoms with Gasteiger partial charge < -0.3 is 5.73 Å². The Bertz CT molecular complexity index is 675. The van der Waals surface area contributed by atoms with E-state index in [2.05, 4.69) is 0 Å².